The molecule has 106 valence electrons. The first-order valence-corrected chi connectivity index (χ1v) is 8.06. The van der Waals surface area contributed by atoms with Crippen molar-refractivity contribution in [1.29, 1.82) is 0 Å². The molecule has 0 saturated carbocycles. The molecule has 0 heterocycles. The van der Waals surface area contributed by atoms with E-state index in [1.807, 2.05) is 0 Å². The summed E-state index contributed by atoms with van der Waals surface area (Å²) < 4.78 is 40.2. The number of sulfonamides is 1. The lowest BCUT2D eigenvalue weighted by Crippen LogP contribution is -2.27. The second-order valence-corrected chi connectivity index (χ2v) is 7.22. The Morgan fingerprint density at radius 1 is 1.15 bits per heavy atom. The number of benzene rings is 2. The molecule has 2 aromatic rings. The Bertz CT molecular complexity index is 747. The van der Waals surface area contributed by atoms with E-state index < -0.39 is 15.8 Å². The number of hydrogen-bond donors (Lipinski definition) is 0. The zero-order valence-electron chi connectivity index (χ0n) is 11.0. The first kappa shape index (κ1) is 15.0. The van der Waals surface area contributed by atoms with Gasteiger partial charge in [-0.3, -0.25) is 4.31 Å². The van der Waals surface area contributed by atoms with Gasteiger partial charge in [0.25, 0.3) is 10.0 Å². The lowest BCUT2D eigenvalue weighted by atomic mass is 10.2. The van der Waals surface area contributed by atoms with Crippen molar-refractivity contribution < 1.29 is 12.8 Å². The van der Waals surface area contributed by atoms with Gasteiger partial charge in [0.2, 0.25) is 0 Å². The van der Waals surface area contributed by atoms with Gasteiger partial charge in [0.15, 0.2) is 0 Å². The van der Waals surface area contributed by atoms with Crippen LogP contribution in [0.1, 0.15) is 5.56 Å². The molecule has 2 aromatic carbocycles. The summed E-state index contributed by atoms with van der Waals surface area (Å²) in [6.07, 6.45) is 0. The van der Waals surface area contributed by atoms with Gasteiger partial charge in [-0.15, -0.1) is 0 Å². The molecule has 0 unspecified atom stereocenters. The van der Waals surface area contributed by atoms with Crippen LogP contribution in [0.3, 0.4) is 0 Å². The topological polar surface area (TPSA) is 37.4 Å². The van der Waals surface area contributed by atoms with Crippen LogP contribution in [0.2, 0.25) is 0 Å². The Morgan fingerprint density at radius 2 is 1.85 bits per heavy atom. The summed E-state index contributed by atoms with van der Waals surface area (Å²) >= 11 is 3.26. The molecule has 0 bridgehead atoms. The number of anilines is 1. The van der Waals surface area contributed by atoms with Crippen LogP contribution < -0.4 is 4.31 Å². The van der Waals surface area contributed by atoms with E-state index >= 15 is 0 Å². The fourth-order valence-electron chi connectivity index (χ4n) is 1.81. The average Bonchev–Trinajstić information content (AvgIpc) is 2.40. The second kappa shape index (κ2) is 5.54. The summed E-state index contributed by atoms with van der Waals surface area (Å²) in [5.41, 5.74) is 0.917. The van der Waals surface area contributed by atoms with Crippen molar-refractivity contribution in [2.75, 3.05) is 11.4 Å². The third kappa shape index (κ3) is 2.86. The Labute approximate surface area is 126 Å². The highest BCUT2D eigenvalue weighted by Gasteiger charge is 2.23. The van der Waals surface area contributed by atoms with Gasteiger partial charge in [0, 0.05) is 11.5 Å². The van der Waals surface area contributed by atoms with Crippen LogP contribution in [0.25, 0.3) is 0 Å². The van der Waals surface area contributed by atoms with Crippen LogP contribution in [-0.4, -0.2) is 15.5 Å². The largest absolute Gasteiger partial charge is 0.269 e. The van der Waals surface area contributed by atoms with Gasteiger partial charge in [0.05, 0.1) is 10.6 Å². The van der Waals surface area contributed by atoms with Gasteiger partial charge < -0.3 is 0 Å². The van der Waals surface area contributed by atoms with Gasteiger partial charge in [-0.25, -0.2) is 12.8 Å². The lowest BCUT2D eigenvalue weighted by molar-refractivity contribution is 0.593. The molecule has 0 atom stereocenters. The van der Waals surface area contributed by atoms with Gasteiger partial charge in [-0.2, -0.15) is 0 Å². The van der Waals surface area contributed by atoms with E-state index in [2.05, 4.69) is 15.9 Å². The zero-order valence-corrected chi connectivity index (χ0v) is 13.4. The molecule has 0 fully saturated rings. The molecule has 0 aromatic heterocycles. The Balaban J connectivity index is 2.52. The normalized spacial score (nSPS) is 11.4. The molecule has 20 heavy (non-hydrogen) atoms. The number of nitrogens with zero attached hydrogens (tertiary/aromatic N) is 1. The van der Waals surface area contributed by atoms with Crippen molar-refractivity contribution in [2.24, 2.45) is 0 Å². The zero-order chi connectivity index (χ0) is 14.9. The number of aryl methyl sites for hydroxylation is 1. The second-order valence-electron chi connectivity index (χ2n) is 4.36. The molecular formula is C14H13BrFNO2S. The number of hydrogen-bond acceptors (Lipinski definition) is 2. The highest BCUT2D eigenvalue weighted by Crippen LogP contribution is 2.26. The molecular weight excluding hydrogens is 345 g/mol. The molecule has 2 rings (SSSR count). The van der Waals surface area contributed by atoms with Crippen molar-refractivity contribution in [1.82, 2.24) is 0 Å². The highest BCUT2D eigenvalue weighted by molar-refractivity contribution is 9.10. The fourth-order valence-corrected chi connectivity index (χ4v) is 3.76. The minimum absolute atomic E-state index is 0.193. The first-order valence-electron chi connectivity index (χ1n) is 5.83. The Hall–Kier alpha value is -1.40. The predicted octanol–water partition coefficient (Wildman–Crippen LogP) is 3.72. The van der Waals surface area contributed by atoms with Crippen molar-refractivity contribution in [3.8, 4) is 0 Å². The van der Waals surface area contributed by atoms with Crippen LogP contribution in [0.4, 0.5) is 10.1 Å². The van der Waals surface area contributed by atoms with Crippen LogP contribution in [0, 0.1) is 12.7 Å². The summed E-state index contributed by atoms with van der Waals surface area (Å²) in [6, 6.07) is 10.5. The predicted molar refractivity (Wildman–Crippen MR) is 80.9 cm³/mol. The fraction of sp³-hybridized carbons (Fsp3) is 0.143. The quantitative estimate of drug-likeness (QED) is 0.839. The Kier molecular flexibility index (Phi) is 4.15. The van der Waals surface area contributed by atoms with Crippen molar-refractivity contribution in [3.05, 3.63) is 58.3 Å². The van der Waals surface area contributed by atoms with E-state index in [0.717, 1.165) is 4.31 Å². The average molecular weight is 358 g/mol. The van der Waals surface area contributed by atoms with E-state index in [1.54, 1.807) is 31.2 Å². The summed E-state index contributed by atoms with van der Waals surface area (Å²) in [4.78, 5) is 0.193. The van der Waals surface area contributed by atoms with Gasteiger partial charge in [-0.1, -0.05) is 28.1 Å². The molecule has 0 N–H and O–H groups in total. The molecule has 0 aliphatic carbocycles. The third-order valence-electron chi connectivity index (χ3n) is 2.96. The lowest BCUT2D eigenvalue weighted by Gasteiger charge is -2.20. The van der Waals surface area contributed by atoms with E-state index in [4.69, 9.17) is 0 Å². The molecule has 0 saturated heterocycles. The molecule has 3 nitrogen and oxygen atoms in total. The maximum absolute atomic E-state index is 13.2. The molecule has 6 heteroatoms. The van der Waals surface area contributed by atoms with Crippen molar-refractivity contribution in [3.63, 3.8) is 0 Å². The molecule has 0 radical (unpaired) electrons. The smallest absolute Gasteiger partial charge is 0.264 e. The van der Waals surface area contributed by atoms with Gasteiger partial charge in [-0.05, 0) is 42.8 Å². The highest BCUT2D eigenvalue weighted by atomic mass is 79.9. The summed E-state index contributed by atoms with van der Waals surface area (Å²) in [5, 5.41) is 0. The number of rotatable bonds is 3. The van der Waals surface area contributed by atoms with E-state index in [0.29, 0.717) is 10.0 Å². The van der Waals surface area contributed by atoms with Crippen LogP contribution >= 0.6 is 15.9 Å². The minimum Gasteiger partial charge on any atom is -0.269 e. The minimum atomic E-state index is -3.73. The van der Waals surface area contributed by atoms with Crippen molar-refractivity contribution in [2.45, 2.75) is 11.8 Å². The summed E-state index contributed by atoms with van der Waals surface area (Å²) in [7, 11) is -2.32. The monoisotopic (exact) mass is 357 g/mol. The molecule has 0 aliphatic rings. The standard InChI is InChI=1S/C14H13BrFNO2S/c1-10-6-7-11(15)8-14(10)20(18,19)17(2)13-5-3-4-12(16)9-13/h3-9H,1-2H3. The van der Waals surface area contributed by atoms with E-state index in [1.165, 1.54) is 25.2 Å². The molecule has 0 aliphatic heterocycles. The van der Waals surface area contributed by atoms with Crippen LogP contribution in [-0.2, 0) is 10.0 Å². The van der Waals surface area contributed by atoms with E-state index in [9.17, 15) is 12.8 Å². The maximum atomic E-state index is 13.2. The number of halogens is 2. The first-order chi connectivity index (χ1) is 9.32. The summed E-state index contributed by atoms with van der Waals surface area (Å²) in [5.74, 6) is -0.476. The van der Waals surface area contributed by atoms with Gasteiger partial charge in [0.1, 0.15) is 5.82 Å². The molecule has 0 spiro atoms. The van der Waals surface area contributed by atoms with Crippen molar-refractivity contribution >= 4 is 31.6 Å². The van der Waals surface area contributed by atoms with E-state index in [-0.39, 0.29) is 10.6 Å². The molecule has 0 amide bonds. The SMILES string of the molecule is Cc1ccc(Br)cc1S(=O)(=O)N(C)c1cccc(F)c1. The third-order valence-corrected chi connectivity index (χ3v) is 5.38. The van der Waals surface area contributed by atoms with Crippen LogP contribution in [0.15, 0.2) is 51.8 Å². The van der Waals surface area contributed by atoms with Gasteiger partial charge >= 0.3 is 0 Å². The van der Waals surface area contributed by atoms with Crippen LogP contribution in [0.5, 0.6) is 0 Å². The Morgan fingerprint density at radius 3 is 2.50 bits per heavy atom. The maximum Gasteiger partial charge on any atom is 0.264 e. The summed E-state index contributed by atoms with van der Waals surface area (Å²) in [6.45, 7) is 1.72.